The van der Waals surface area contributed by atoms with Crippen LogP contribution in [0.15, 0.2) is 39.4 Å². The molecule has 0 aliphatic carbocycles. The van der Waals surface area contributed by atoms with Gasteiger partial charge in [0.05, 0.1) is 17.3 Å². The summed E-state index contributed by atoms with van der Waals surface area (Å²) in [5, 5.41) is 21.6. The molecule has 0 radical (unpaired) electrons. The van der Waals surface area contributed by atoms with Crippen LogP contribution in [0.5, 0.6) is 5.75 Å². The Morgan fingerprint density at radius 2 is 2.06 bits per heavy atom. The summed E-state index contributed by atoms with van der Waals surface area (Å²) in [7, 11) is 4.58. The number of aromatic nitrogens is 3. The standard InChI is InChI=1S/C20H24N6O4S/c1-5-12(18-21-9-10-31-18)22-15-14(17(28)24-26(4)20(15)30)23-13-8-6-7-11(16(13)27)19(29)25(2)3/h6-10,12,22-23,27H,5H2,1-4H3,(H,24,28). The van der Waals surface area contributed by atoms with Crippen molar-refractivity contribution in [1.82, 2.24) is 19.7 Å². The molecule has 1 amide bonds. The number of anilines is 3. The van der Waals surface area contributed by atoms with Gasteiger partial charge in [-0.05, 0) is 18.6 Å². The van der Waals surface area contributed by atoms with E-state index in [9.17, 15) is 19.5 Å². The van der Waals surface area contributed by atoms with Crippen LogP contribution in [0.2, 0.25) is 0 Å². The molecule has 3 rings (SSSR count). The fraction of sp³-hybridized carbons (Fsp3) is 0.300. The molecule has 1 atom stereocenters. The number of aryl methyl sites for hydroxylation is 1. The van der Waals surface area contributed by atoms with Gasteiger partial charge in [-0.15, -0.1) is 11.3 Å². The first-order valence-corrected chi connectivity index (χ1v) is 10.4. The maximum atomic E-state index is 12.9. The van der Waals surface area contributed by atoms with Gasteiger partial charge in [-0.2, -0.15) is 0 Å². The Bertz CT molecular complexity index is 1200. The zero-order valence-electron chi connectivity index (χ0n) is 17.6. The third-order valence-corrected chi connectivity index (χ3v) is 5.56. The van der Waals surface area contributed by atoms with Gasteiger partial charge in [0.1, 0.15) is 16.4 Å². The second-order valence-corrected chi connectivity index (χ2v) is 7.98. The van der Waals surface area contributed by atoms with Gasteiger partial charge in [-0.25, -0.2) is 4.98 Å². The quantitative estimate of drug-likeness (QED) is 0.411. The number of aromatic hydroxyl groups is 1. The largest absolute Gasteiger partial charge is 0.505 e. The molecule has 0 bridgehead atoms. The van der Waals surface area contributed by atoms with Gasteiger partial charge in [0.15, 0.2) is 5.75 Å². The Kier molecular flexibility index (Phi) is 6.44. The van der Waals surface area contributed by atoms with Crippen molar-refractivity contribution in [2.75, 3.05) is 24.7 Å². The third-order valence-electron chi connectivity index (χ3n) is 4.67. The SMILES string of the molecule is CCC(Nc1c(Nc2cccc(C(=O)N(C)C)c2O)c(=O)[nH]n(C)c1=O)c1nccs1. The number of aromatic amines is 1. The molecule has 10 nitrogen and oxygen atoms in total. The van der Waals surface area contributed by atoms with E-state index in [2.05, 4.69) is 20.7 Å². The van der Waals surface area contributed by atoms with E-state index in [1.54, 1.807) is 26.4 Å². The van der Waals surface area contributed by atoms with Gasteiger partial charge in [-0.3, -0.25) is 24.2 Å². The number of nitrogens with one attached hydrogen (secondary N) is 3. The number of H-pyrrole nitrogens is 1. The molecule has 0 aliphatic heterocycles. The van der Waals surface area contributed by atoms with Crippen molar-refractivity contribution < 1.29 is 9.90 Å². The van der Waals surface area contributed by atoms with E-state index in [1.165, 1.54) is 35.4 Å². The Morgan fingerprint density at radius 1 is 1.32 bits per heavy atom. The molecule has 164 valence electrons. The average Bonchev–Trinajstić information content (AvgIpc) is 3.27. The molecular formula is C20H24N6O4S. The van der Waals surface area contributed by atoms with Crippen LogP contribution < -0.4 is 21.8 Å². The van der Waals surface area contributed by atoms with E-state index in [0.29, 0.717) is 6.42 Å². The van der Waals surface area contributed by atoms with E-state index >= 15 is 0 Å². The third kappa shape index (κ3) is 4.45. The number of carbonyl (C=O) groups excluding carboxylic acids is 1. The van der Waals surface area contributed by atoms with Crippen molar-refractivity contribution in [3.63, 3.8) is 0 Å². The molecule has 0 saturated carbocycles. The van der Waals surface area contributed by atoms with E-state index in [4.69, 9.17) is 0 Å². The van der Waals surface area contributed by atoms with E-state index in [0.717, 1.165) is 9.69 Å². The zero-order valence-corrected chi connectivity index (χ0v) is 18.4. The number of nitrogens with zero attached hydrogens (tertiary/aromatic N) is 3. The Labute approximate surface area is 182 Å². The Morgan fingerprint density at radius 3 is 2.68 bits per heavy atom. The zero-order chi connectivity index (χ0) is 22.7. The maximum absolute atomic E-state index is 12.9. The normalized spacial score (nSPS) is 11.7. The summed E-state index contributed by atoms with van der Waals surface area (Å²) in [6, 6.07) is 4.28. The van der Waals surface area contributed by atoms with Gasteiger partial charge in [0.2, 0.25) is 0 Å². The van der Waals surface area contributed by atoms with E-state index in [-0.39, 0.29) is 34.4 Å². The number of phenols is 1. The smallest absolute Gasteiger partial charge is 0.290 e. The first-order valence-electron chi connectivity index (χ1n) is 9.54. The maximum Gasteiger partial charge on any atom is 0.290 e. The number of benzene rings is 1. The highest BCUT2D eigenvalue weighted by molar-refractivity contribution is 7.09. The van der Waals surface area contributed by atoms with E-state index in [1.807, 2.05) is 12.3 Å². The van der Waals surface area contributed by atoms with Crippen molar-refractivity contribution in [3.05, 3.63) is 61.1 Å². The Hall–Kier alpha value is -3.60. The fourth-order valence-corrected chi connectivity index (χ4v) is 3.78. The van der Waals surface area contributed by atoms with Crippen LogP contribution in [0.25, 0.3) is 0 Å². The molecule has 4 N–H and O–H groups in total. The van der Waals surface area contributed by atoms with Gasteiger partial charge in [-0.1, -0.05) is 13.0 Å². The van der Waals surface area contributed by atoms with Crippen LogP contribution >= 0.6 is 11.3 Å². The number of amides is 1. The highest BCUT2D eigenvalue weighted by Gasteiger charge is 2.22. The van der Waals surface area contributed by atoms with Crippen molar-refractivity contribution in [2.24, 2.45) is 7.05 Å². The predicted molar refractivity (Wildman–Crippen MR) is 120 cm³/mol. The molecule has 3 aromatic rings. The summed E-state index contributed by atoms with van der Waals surface area (Å²) >= 11 is 1.44. The van der Waals surface area contributed by atoms with Gasteiger partial charge in [0, 0.05) is 32.7 Å². The highest BCUT2D eigenvalue weighted by Crippen LogP contribution is 2.32. The number of carbonyl (C=O) groups is 1. The molecular weight excluding hydrogens is 420 g/mol. The number of phenolic OH excluding ortho intramolecular Hbond substituents is 1. The number of para-hydroxylation sites is 1. The summed E-state index contributed by atoms with van der Waals surface area (Å²) in [5.74, 6) is -0.716. The first-order chi connectivity index (χ1) is 14.7. The summed E-state index contributed by atoms with van der Waals surface area (Å²) < 4.78 is 1.08. The summed E-state index contributed by atoms with van der Waals surface area (Å²) in [5.41, 5.74) is -0.866. The molecule has 0 spiro atoms. The second kappa shape index (κ2) is 9.04. The minimum Gasteiger partial charge on any atom is -0.505 e. The number of thiazole rings is 1. The number of rotatable bonds is 7. The predicted octanol–water partition coefficient (Wildman–Crippen LogP) is 2.24. The molecule has 1 aromatic carbocycles. The molecule has 2 heterocycles. The Balaban J connectivity index is 2.08. The van der Waals surface area contributed by atoms with Crippen molar-refractivity contribution in [2.45, 2.75) is 19.4 Å². The summed E-state index contributed by atoms with van der Waals surface area (Å²) in [4.78, 5) is 43.5. The fourth-order valence-electron chi connectivity index (χ4n) is 3.01. The minimum atomic E-state index is -0.567. The van der Waals surface area contributed by atoms with Crippen LogP contribution in [-0.4, -0.2) is 44.8 Å². The first kappa shape index (κ1) is 22.1. The molecule has 1 unspecified atom stereocenters. The molecule has 0 fully saturated rings. The lowest BCUT2D eigenvalue weighted by Crippen LogP contribution is -2.32. The van der Waals surface area contributed by atoms with Gasteiger partial charge >= 0.3 is 0 Å². The average molecular weight is 445 g/mol. The molecule has 2 aromatic heterocycles. The summed E-state index contributed by atoms with van der Waals surface area (Å²) in [6.45, 7) is 1.94. The monoisotopic (exact) mass is 444 g/mol. The van der Waals surface area contributed by atoms with Crippen molar-refractivity contribution in [3.8, 4) is 5.75 Å². The van der Waals surface area contributed by atoms with Crippen molar-refractivity contribution >= 4 is 34.3 Å². The molecule has 0 saturated heterocycles. The molecule has 11 heteroatoms. The molecule has 0 aliphatic rings. The topological polar surface area (TPSA) is 132 Å². The second-order valence-electron chi connectivity index (χ2n) is 7.06. The lowest BCUT2D eigenvalue weighted by Gasteiger charge is -2.20. The van der Waals surface area contributed by atoms with Crippen LogP contribution in [0.1, 0.15) is 34.8 Å². The number of hydrogen-bond donors (Lipinski definition) is 4. The number of hydrogen-bond acceptors (Lipinski definition) is 8. The minimum absolute atomic E-state index is 0.0389. The summed E-state index contributed by atoms with van der Waals surface area (Å²) in [6.07, 6.45) is 2.30. The van der Waals surface area contributed by atoms with Gasteiger partial charge in [0.25, 0.3) is 17.0 Å². The van der Waals surface area contributed by atoms with Crippen LogP contribution in [-0.2, 0) is 7.05 Å². The van der Waals surface area contributed by atoms with Gasteiger partial charge < -0.3 is 20.6 Å². The highest BCUT2D eigenvalue weighted by atomic mass is 32.1. The van der Waals surface area contributed by atoms with E-state index < -0.39 is 17.0 Å². The lowest BCUT2D eigenvalue weighted by atomic mass is 10.1. The van der Waals surface area contributed by atoms with Crippen LogP contribution in [0, 0.1) is 0 Å². The van der Waals surface area contributed by atoms with Crippen LogP contribution in [0.4, 0.5) is 17.1 Å². The molecule has 31 heavy (non-hydrogen) atoms. The van der Waals surface area contributed by atoms with Crippen LogP contribution in [0.3, 0.4) is 0 Å². The van der Waals surface area contributed by atoms with Crippen molar-refractivity contribution in [1.29, 1.82) is 0 Å². The lowest BCUT2D eigenvalue weighted by molar-refractivity contribution is 0.0824.